The van der Waals surface area contributed by atoms with Gasteiger partial charge in [0.1, 0.15) is 6.04 Å². The van der Waals surface area contributed by atoms with Crippen molar-refractivity contribution in [3.05, 3.63) is 0 Å². The van der Waals surface area contributed by atoms with Crippen molar-refractivity contribution in [1.82, 2.24) is 5.32 Å². The second kappa shape index (κ2) is 13.7. The number of rotatable bonds is 15. The number of aliphatic hydroxyl groups excluding tert-OH is 2. The zero-order valence-electron chi connectivity index (χ0n) is 13.9. The molecule has 0 saturated heterocycles. The summed E-state index contributed by atoms with van der Waals surface area (Å²) in [7, 11) is 0. The van der Waals surface area contributed by atoms with E-state index < -0.39 is 30.0 Å². The van der Waals surface area contributed by atoms with Crippen LogP contribution in [0.15, 0.2) is 0 Å². The third kappa shape index (κ3) is 12.8. The molecule has 1 amide bonds. The molecule has 5 N–H and O–H groups in total. The van der Waals surface area contributed by atoms with E-state index in [2.05, 4.69) is 5.32 Å². The standard InChI is InChI=1S/C16H29NO7/c18-10-9-13(16(23)24)17-14(20)11-12(19)7-5-3-1-2-4-6-8-15(21)22/h12-13,18-19H,1-11H2,(H,17,20)(H,21,22)(H,23,24)/t12?,13-/m0/s1. The quantitative estimate of drug-likeness (QED) is 0.277. The number of carboxylic acids is 2. The molecule has 0 fully saturated rings. The lowest BCUT2D eigenvalue weighted by molar-refractivity contribution is -0.142. The van der Waals surface area contributed by atoms with E-state index in [1.807, 2.05) is 0 Å². The first-order valence-corrected chi connectivity index (χ1v) is 8.39. The minimum absolute atomic E-state index is 0.0704. The first-order valence-electron chi connectivity index (χ1n) is 8.39. The molecule has 1 unspecified atom stereocenters. The largest absolute Gasteiger partial charge is 0.481 e. The summed E-state index contributed by atoms with van der Waals surface area (Å²) < 4.78 is 0. The van der Waals surface area contributed by atoms with Gasteiger partial charge in [0.05, 0.1) is 12.5 Å². The summed E-state index contributed by atoms with van der Waals surface area (Å²) in [5.41, 5.74) is 0. The van der Waals surface area contributed by atoms with Gasteiger partial charge < -0.3 is 25.7 Å². The number of unbranched alkanes of at least 4 members (excludes halogenated alkanes) is 5. The maximum atomic E-state index is 11.6. The highest BCUT2D eigenvalue weighted by molar-refractivity contribution is 5.83. The lowest BCUT2D eigenvalue weighted by Crippen LogP contribution is -2.42. The Morgan fingerprint density at radius 2 is 1.46 bits per heavy atom. The fourth-order valence-electron chi connectivity index (χ4n) is 2.32. The molecule has 0 radical (unpaired) electrons. The minimum atomic E-state index is -1.21. The van der Waals surface area contributed by atoms with Gasteiger partial charge in [-0.1, -0.05) is 32.1 Å². The van der Waals surface area contributed by atoms with Gasteiger partial charge in [0, 0.05) is 19.4 Å². The maximum Gasteiger partial charge on any atom is 0.326 e. The highest BCUT2D eigenvalue weighted by Gasteiger charge is 2.20. The average molecular weight is 347 g/mol. The SMILES string of the molecule is O=C(O)CCCCCCCCC(O)CC(=O)N[C@@H](CCO)C(=O)O. The molecule has 2 atom stereocenters. The van der Waals surface area contributed by atoms with E-state index in [9.17, 15) is 19.5 Å². The van der Waals surface area contributed by atoms with Crippen LogP contribution in [-0.4, -0.2) is 57.0 Å². The Kier molecular flexibility index (Phi) is 12.8. The maximum absolute atomic E-state index is 11.6. The van der Waals surface area contributed by atoms with Crippen molar-refractivity contribution in [2.45, 2.75) is 76.4 Å². The van der Waals surface area contributed by atoms with Crippen LogP contribution in [-0.2, 0) is 14.4 Å². The van der Waals surface area contributed by atoms with Crippen LogP contribution in [0.25, 0.3) is 0 Å². The van der Waals surface area contributed by atoms with Gasteiger partial charge in [-0.15, -0.1) is 0 Å². The lowest BCUT2D eigenvalue weighted by atomic mass is 10.0. The Balaban J connectivity index is 3.70. The smallest absolute Gasteiger partial charge is 0.326 e. The number of aliphatic carboxylic acids is 2. The molecule has 0 aliphatic carbocycles. The molecular weight excluding hydrogens is 318 g/mol. The van der Waals surface area contributed by atoms with Crippen LogP contribution >= 0.6 is 0 Å². The van der Waals surface area contributed by atoms with Crippen LogP contribution < -0.4 is 5.32 Å². The van der Waals surface area contributed by atoms with Gasteiger partial charge in [-0.3, -0.25) is 9.59 Å². The second-order valence-electron chi connectivity index (χ2n) is 5.88. The molecule has 8 nitrogen and oxygen atoms in total. The van der Waals surface area contributed by atoms with Crippen LogP contribution in [0.2, 0.25) is 0 Å². The molecule has 0 saturated carbocycles. The predicted molar refractivity (Wildman–Crippen MR) is 86.5 cm³/mol. The van der Waals surface area contributed by atoms with Crippen molar-refractivity contribution >= 4 is 17.8 Å². The normalized spacial score (nSPS) is 13.2. The van der Waals surface area contributed by atoms with Crippen LogP contribution in [0.3, 0.4) is 0 Å². The predicted octanol–water partition coefficient (Wildman–Crippen LogP) is 0.895. The fraction of sp³-hybridized carbons (Fsp3) is 0.812. The van der Waals surface area contributed by atoms with Crippen LogP contribution in [0.5, 0.6) is 0 Å². The molecule has 0 aliphatic rings. The van der Waals surface area contributed by atoms with E-state index in [0.29, 0.717) is 12.8 Å². The number of carbonyl (C=O) groups excluding carboxylic acids is 1. The molecular formula is C16H29NO7. The van der Waals surface area contributed by atoms with Gasteiger partial charge in [0.2, 0.25) is 5.91 Å². The minimum Gasteiger partial charge on any atom is -0.481 e. The molecule has 0 bridgehead atoms. The van der Waals surface area contributed by atoms with Gasteiger partial charge >= 0.3 is 11.9 Å². The first kappa shape index (κ1) is 22.3. The summed E-state index contributed by atoms with van der Waals surface area (Å²) in [5.74, 6) is -2.53. The van der Waals surface area contributed by atoms with E-state index in [1.54, 1.807) is 0 Å². The molecule has 24 heavy (non-hydrogen) atoms. The van der Waals surface area contributed by atoms with E-state index in [0.717, 1.165) is 32.1 Å². The lowest BCUT2D eigenvalue weighted by Gasteiger charge is -2.15. The van der Waals surface area contributed by atoms with E-state index in [4.69, 9.17) is 15.3 Å². The van der Waals surface area contributed by atoms with Crippen LogP contribution in [0, 0.1) is 0 Å². The zero-order valence-corrected chi connectivity index (χ0v) is 13.9. The third-order valence-electron chi connectivity index (χ3n) is 3.65. The number of carboxylic acid groups (broad SMARTS) is 2. The number of hydrogen-bond donors (Lipinski definition) is 5. The van der Waals surface area contributed by atoms with Gasteiger partial charge in [0.15, 0.2) is 0 Å². The topological polar surface area (TPSA) is 144 Å². The van der Waals surface area contributed by atoms with Gasteiger partial charge in [-0.25, -0.2) is 4.79 Å². The number of amides is 1. The Morgan fingerprint density at radius 1 is 0.875 bits per heavy atom. The summed E-state index contributed by atoms with van der Waals surface area (Å²) in [5, 5.41) is 38.1. The summed E-state index contributed by atoms with van der Waals surface area (Å²) >= 11 is 0. The molecule has 8 heteroatoms. The second-order valence-corrected chi connectivity index (χ2v) is 5.88. The molecule has 0 aromatic rings. The number of aliphatic hydroxyl groups is 2. The molecule has 0 spiro atoms. The number of hydrogen-bond acceptors (Lipinski definition) is 5. The summed E-state index contributed by atoms with van der Waals surface area (Å²) in [6, 6.07) is -1.14. The van der Waals surface area contributed by atoms with E-state index in [1.165, 1.54) is 0 Å². The highest BCUT2D eigenvalue weighted by atomic mass is 16.4. The molecule has 0 aromatic heterocycles. The van der Waals surface area contributed by atoms with Crippen molar-refractivity contribution in [2.24, 2.45) is 0 Å². The molecule has 0 heterocycles. The molecule has 140 valence electrons. The Bertz CT molecular complexity index is 387. The fourth-order valence-corrected chi connectivity index (χ4v) is 2.32. The summed E-state index contributed by atoms with van der Waals surface area (Å²) in [4.78, 5) is 32.8. The van der Waals surface area contributed by atoms with Crippen LogP contribution in [0.4, 0.5) is 0 Å². The number of nitrogens with one attached hydrogen (secondary N) is 1. The third-order valence-corrected chi connectivity index (χ3v) is 3.65. The van der Waals surface area contributed by atoms with Gasteiger partial charge in [-0.2, -0.15) is 0 Å². The Labute approximate surface area is 141 Å². The van der Waals surface area contributed by atoms with Crippen molar-refractivity contribution in [3.63, 3.8) is 0 Å². The van der Waals surface area contributed by atoms with E-state index in [-0.39, 0.29) is 25.9 Å². The molecule has 0 aromatic carbocycles. The van der Waals surface area contributed by atoms with Crippen molar-refractivity contribution in [3.8, 4) is 0 Å². The average Bonchev–Trinajstić information content (AvgIpc) is 2.48. The van der Waals surface area contributed by atoms with Gasteiger partial charge in [-0.05, 0) is 12.8 Å². The number of carbonyl (C=O) groups is 3. The van der Waals surface area contributed by atoms with E-state index >= 15 is 0 Å². The van der Waals surface area contributed by atoms with Crippen molar-refractivity contribution in [1.29, 1.82) is 0 Å². The van der Waals surface area contributed by atoms with Crippen molar-refractivity contribution in [2.75, 3.05) is 6.61 Å². The Hall–Kier alpha value is -1.67. The van der Waals surface area contributed by atoms with Crippen LogP contribution in [0.1, 0.15) is 64.2 Å². The summed E-state index contributed by atoms with van der Waals surface area (Å²) in [6.45, 7) is -0.341. The first-order chi connectivity index (χ1) is 11.4. The summed E-state index contributed by atoms with van der Waals surface area (Å²) in [6.07, 6.45) is 4.71. The monoisotopic (exact) mass is 347 g/mol. The highest BCUT2D eigenvalue weighted by Crippen LogP contribution is 2.11. The molecule has 0 aliphatic heterocycles. The Morgan fingerprint density at radius 3 is 2.00 bits per heavy atom. The van der Waals surface area contributed by atoms with Crippen molar-refractivity contribution < 1.29 is 34.8 Å². The van der Waals surface area contributed by atoms with Gasteiger partial charge in [0.25, 0.3) is 0 Å². The zero-order chi connectivity index (χ0) is 18.4. The molecule has 0 rings (SSSR count).